The van der Waals surface area contributed by atoms with E-state index in [4.69, 9.17) is 0 Å². The summed E-state index contributed by atoms with van der Waals surface area (Å²) in [6.45, 7) is 10.2. The van der Waals surface area contributed by atoms with Crippen LogP contribution in [-0.2, 0) is 0 Å². The molecule has 2 nitrogen and oxygen atoms in total. The number of halogens is 2. The molecule has 16 heavy (non-hydrogen) atoms. The Kier molecular flexibility index (Phi) is 13.6. The first-order chi connectivity index (χ1) is 6.31. The van der Waals surface area contributed by atoms with Crippen molar-refractivity contribution >= 4 is 0 Å². The van der Waals surface area contributed by atoms with E-state index in [1.807, 2.05) is 0 Å². The van der Waals surface area contributed by atoms with Gasteiger partial charge in [0.15, 0.2) is 0 Å². The molecule has 0 heterocycles. The topological polar surface area (TPSA) is 55.3 Å². The monoisotopic (exact) mass is 360 g/mol. The van der Waals surface area contributed by atoms with Crippen LogP contribution in [-0.4, -0.2) is 12.1 Å². The van der Waals surface area contributed by atoms with Crippen molar-refractivity contribution < 1.29 is 45.4 Å². The van der Waals surface area contributed by atoms with Gasteiger partial charge in [0.2, 0.25) is 0 Å². The van der Waals surface area contributed by atoms with Gasteiger partial charge in [0.1, 0.15) is 0 Å². The SMILES string of the molecule is CC(C)([NH3+])C(C)(C)CCCCCC[NH3+].[Br-].[Br-]. The predicted molar refractivity (Wildman–Crippen MR) is 61.6 cm³/mol. The van der Waals surface area contributed by atoms with E-state index in [1.165, 1.54) is 32.1 Å². The molecular weight excluding hydrogens is 332 g/mol. The Morgan fingerprint density at radius 1 is 0.812 bits per heavy atom. The summed E-state index contributed by atoms with van der Waals surface area (Å²) in [6.07, 6.45) is 6.62. The van der Waals surface area contributed by atoms with Crippen LogP contribution in [0.2, 0.25) is 0 Å². The van der Waals surface area contributed by atoms with Crippen LogP contribution < -0.4 is 45.4 Å². The van der Waals surface area contributed by atoms with Crippen molar-refractivity contribution in [1.29, 1.82) is 0 Å². The summed E-state index contributed by atoms with van der Waals surface area (Å²) in [6, 6.07) is 0. The highest BCUT2D eigenvalue weighted by molar-refractivity contribution is 4.83. The van der Waals surface area contributed by atoms with E-state index >= 15 is 0 Å². The molecule has 0 radical (unpaired) electrons. The van der Waals surface area contributed by atoms with Crippen molar-refractivity contribution in [2.45, 2.75) is 65.3 Å². The van der Waals surface area contributed by atoms with Gasteiger partial charge in [-0.05, 0) is 33.1 Å². The first-order valence-corrected chi connectivity index (χ1v) is 5.96. The van der Waals surface area contributed by atoms with Crippen molar-refractivity contribution in [3.63, 3.8) is 0 Å². The Morgan fingerprint density at radius 2 is 1.25 bits per heavy atom. The Labute approximate surface area is 122 Å². The van der Waals surface area contributed by atoms with Crippen LogP contribution in [0.5, 0.6) is 0 Å². The minimum absolute atomic E-state index is 0. The highest BCUT2D eigenvalue weighted by Crippen LogP contribution is 2.32. The van der Waals surface area contributed by atoms with E-state index in [2.05, 4.69) is 39.2 Å². The highest BCUT2D eigenvalue weighted by atomic mass is 79.9. The average Bonchev–Trinajstić information content (AvgIpc) is 2.02. The van der Waals surface area contributed by atoms with Crippen LogP contribution in [0.15, 0.2) is 0 Å². The van der Waals surface area contributed by atoms with Gasteiger partial charge in [0.25, 0.3) is 0 Å². The maximum absolute atomic E-state index is 4.25. The third kappa shape index (κ3) is 8.97. The minimum Gasteiger partial charge on any atom is -1.00 e. The summed E-state index contributed by atoms with van der Waals surface area (Å²) in [5.74, 6) is 0. The van der Waals surface area contributed by atoms with Crippen LogP contribution in [0.1, 0.15) is 59.8 Å². The van der Waals surface area contributed by atoms with E-state index in [0.29, 0.717) is 5.41 Å². The first-order valence-electron chi connectivity index (χ1n) is 5.96. The Bertz CT molecular complexity index is 154. The second-order valence-electron chi connectivity index (χ2n) is 5.79. The molecule has 0 saturated heterocycles. The summed E-state index contributed by atoms with van der Waals surface area (Å²) < 4.78 is 0. The summed E-state index contributed by atoms with van der Waals surface area (Å²) in [5.41, 5.74) is 8.65. The van der Waals surface area contributed by atoms with Crippen molar-refractivity contribution in [3.8, 4) is 0 Å². The van der Waals surface area contributed by atoms with Crippen molar-refractivity contribution in [3.05, 3.63) is 0 Å². The molecule has 0 fully saturated rings. The molecule has 102 valence electrons. The maximum Gasteiger partial charge on any atom is 0.0940 e. The van der Waals surface area contributed by atoms with E-state index in [-0.39, 0.29) is 39.5 Å². The Hall–Kier alpha value is 0.880. The lowest BCUT2D eigenvalue weighted by atomic mass is 9.72. The molecule has 6 N–H and O–H groups in total. The lowest BCUT2D eigenvalue weighted by molar-refractivity contribution is -0.493. The van der Waals surface area contributed by atoms with Gasteiger partial charge in [-0.25, -0.2) is 0 Å². The largest absolute Gasteiger partial charge is 1.00 e. The normalized spacial score (nSPS) is 11.6. The standard InChI is InChI=1S/C12H28N2.2BrH/c1-11(2,12(3,4)14)9-7-5-6-8-10-13;;/h5-10,13-14H2,1-4H3;2*1H. The van der Waals surface area contributed by atoms with Gasteiger partial charge in [-0.3, -0.25) is 0 Å². The fourth-order valence-electron chi connectivity index (χ4n) is 1.44. The van der Waals surface area contributed by atoms with Gasteiger partial charge in [-0.1, -0.05) is 26.7 Å². The minimum atomic E-state index is 0. The van der Waals surface area contributed by atoms with E-state index < -0.39 is 0 Å². The molecule has 0 rings (SSSR count). The van der Waals surface area contributed by atoms with Gasteiger partial charge >= 0.3 is 0 Å². The zero-order chi connectivity index (χ0) is 11.2. The summed E-state index contributed by atoms with van der Waals surface area (Å²) in [7, 11) is 0. The third-order valence-corrected chi connectivity index (χ3v) is 3.63. The van der Waals surface area contributed by atoms with E-state index in [9.17, 15) is 0 Å². The van der Waals surface area contributed by atoms with Crippen LogP contribution in [0, 0.1) is 5.41 Å². The molecule has 0 aromatic rings. The number of unbranched alkanes of at least 4 members (excludes halogenated alkanes) is 3. The Morgan fingerprint density at radius 3 is 1.62 bits per heavy atom. The molecule has 0 spiro atoms. The fourth-order valence-corrected chi connectivity index (χ4v) is 1.44. The van der Waals surface area contributed by atoms with Crippen molar-refractivity contribution in [2.24, 2.45) is 5.41 Å². The average molecular weight is 362 g/mol. The second kappa shape index (κ2) is 9.86. The van der Waals surface area contributed by atoms with Gasteiger partial charge in [-0.15, -0.1) is 0 Å². The molecule has 0 aliphatic heterocycles. The molecule has 4 heteroatoms. The van der Waals surface area contributed by atoms with Crippen molar-refractivity contribution in [2.75, 3.05) is 6.54 Å². The molecule has 0 aliphatic rings. The van der Waals surface area contributed by atoms with E-state index in [0.717, 1.165) is 6.54 Å². The van der Waals surface area contributed by atoms with E-state index in [1.54, 1.807) is 0 Å². The molecule has 0 aliphatic carbocycles. The molecule has 0 aromatic heterocycles. The smallest absolute Gasteiger partial charge is 0.0940 e. The van der Waals surface area contributed by atoms with Crippen LogP contribution >= 0.6 is 0 Å². The summed E-state index contributed by atoms with van der Waals surface area (Å²) in [5, 5.41) is 0. The van der Waals surface area contributed by atoms with Crippen LogP contribution in [0.25, 0.3) is 0 Å². The van der Waals surface area contributed by atoms with Gasteiger partial charge in [-0.2, -0.15) is 0 Å². The van der Waals surface area contributed by atoms with Gasteiger partial charge in [0.05, 0.1) is 12.1 Å². The molecule has 0 saturated carbocycles. The molecule has 0 bridgehead atoms. The molecule has 0 unspecified atom stereocenters. The Balaban J connectivity index is -0.000000845. The number of quaternary nitrogens is 2. The number of rotatable bonds is 7. The van der Waals surface area contributed by atoms with Gasteiger partial charge in [0, 0.05) is 5.41 Å². The lowest BCUT2D eigenvalue weighted by Gasteiger charge is -2.35. The molecule has 0 amide bonds. The molecular formula is C12H30Br2N2. The zero-order valence-electron chi connectivity index (χ0n) is 11.4. The fraction of sp³-hybridized carbons (Fsp3) is 1.00. The maximum atomic E-state index is 4.25. The predicted octanol–water partition coefficient (Wildman–Crippen LogP) is -4.77. The van der Waals surface area contributed by atoms with Gasteiger partial charge < -0.3 is 45.4 Å². The summed E-state index contributed by atoms with van der Waals surface area (Å²) in [4.78, 5) is 0. The third-order valence-electron chi connectivity index (χ3n) is 3.63. The number of hydrogen-bond donors (Lipinski definition) is 2. The zero-order valence-corrected chi connectivity index (χ0v) is 14.6. The van der Waals surface area contributed by atoms with Crippen molar-refractivity contribution in [1.82, 2.24) is 0 Å². The summed E-state index contributed by atoms with van der Waals surface area (Å²) >= 11 is 0. The lowest BCUT2D eigenvalue weighted by Crippen LogP contribution is -3.00. The highest BCUT2D eigenvalue weighted by Gasteiger charge is 2.36. The first kappa shape index (κ1) is 22.1. The second-order valence-corrected chi connectivity index (χ2v) is 5.79. The number of hydrogen-bond acceptors (Lipinski definition) is 0. The van der Waals surface area contributed by atoms with Crippen LogP contribution in [0.3, 0.4) is 0 Å². The molecule has 0 aromatic carbocycles. The quantitative estimate of drug-likeness (QED) is 0.428. The molecule has 0 atom stereocenters. The van der Waals surface area contributed by atoms with Crippen LogP contribution in [0.4, 0.5) is 0 Å².